The molecule has 7 N–H and O–H groups in total. The van der Waals surface area contributed by atoms with Crippen molar-refractivity contribution in [3.8, 4) is 5.75 Å². The van der Waals surface area contributed by atoms with Gasteiger partial charge >= 0.3 is 0 Å². The molecule has 0 aliphatic heterocycles. The maximum absolute atomic E-state index is 13.9. The summed E-state index contributed by atoms with van der Waals surface area (Å²) in [6.07, 6.45) is 0.142. The Morgan fingerprint density at radius 2 is 1.76 bits per heavy atom. The molecule has 0 heterocycles. The van der Waals surface area contributed by atoms with Gasteiger partial charge in [0.25, 0.3) is 5.91 Å². The third-order valence-corrected chi connectivity index (χ3v) is 7.49. The molecule has 0 saturated heterocycles. The number of primary amides is 1. The summed E-state index contributed by atoms with van der Waals surface area (Å²) in [4.78, 5) is 54.0. The monoisotopic (exact) mass is 514 g/mol. The second-order valence-corrected chi connectivity index (χ2v) is 10.2. The number of nitrogens with two attached hydrogens (primary N) is 1. The van der Waals surface area contributed by atoms with Crippen LogP contribution in [0.25, 0.3) is 5.76 Å². The van der Waals surface area contributed by atoms with E-state index in [0.29, 0.717) is 11.3 Å². The molecule has 12 nitrogen and oxygen atoms in total. The van der Waals surface area contributed by atoms with Crippen LogP contribution in [0.15, 0.2) is 23.0 Å². The first-order valence-electron chi connectivity index (χ1n) is 11.6. The predicted molar refractivity (Wildman–Crippen MR) is 133 cm³/mol. The van der Waals surface area contributed by atoms with Gasteiger partial charge in [-0.15, -0.1) is 0 Å². The van der Waals surface area contributed by atoms with Crippen LogP contribution in [0.5, 0.6) is 5.75 Å². The number of aliphatic hydroxyl groups is 3. The number of hydrogen-bond acceptors (Lipinski definition) is 10. The number of phenolic OH excluding ortho intramolecular Hbond substituents is 1. The van der Waals surface area contributed by atoms with Gasteiger partial charge in [-0.25, -0.2) is 0 Å². The minimum Gasteiger partial charge on any atom is -0.508 e. The lowest BCUT2D eigenvalue weighted by Crippen LogP contribution is -2.65. The van der Waals surface area contributed by atoms with E-state index in [2.05, 4.69) is 5.32 Å². The number of nitrogens with zero attached hydrogens (tertiary/aromatic N) is 2. The average molecular weight is 515 g/mol. The van der Waals surface area contributed by atoms with Crippen LogP contribution < -0.4 is 16.0 Å². The Hall–Kier alpha value is -3.90. The van der Waals surface area contributed by atoms with E-state index in [1.807, 2.05) is 0 Å². The van der Waals surface area contributed by atoms with Gasteiger partial charge in [-0.3, -0.25) is 24.1 Å². The minimum atomic E-state index is -2.71. The largest absolute Gasteiger partial charge is 0.508 e. The van der Waals surface area contributed by atoms with Crippen LogP contribution >= 0.6 is 0 Å². The Kier molecular flexibility index (Phi) is 6.08. The van der Waals surface area contributed by atoms with Crippen LogP contribution in [-0.2, 0) is 25.6 Å². The molecule has 1 aromatic rings. The highest BCUT2D eigenvalue weighted by atomic mass is 16.3. The Morgan fingerprint density at radius 1 is 1.14 bits per heavy atom. The van der Waals surface area contributed by atoms with Crippen LogP contribution in [0.1, 0.15) is 24.5 Å². The number of likely N-dealkylation sites (N-methyl/N-ethyl adjacent to an activating group) is 1. The first kappa shape index (κ1) is 26.2. The van der Waals surface area contributed by atoms with Gasteiger partial charge in [0.2, 0.25) is 11.7 Å². The predicted octanol–water partition coefficient (Wildman–Crippen LogP) is -0.0116. The van der Waals surface area contributed by atoms with Crippen molar-refractivity contribution in [2.45, 2.75) is 31.4 Å². The number of carbonyl (C=O) groups is 4. The van der Waals surface area contributed by atoms with Gasteiger partial charge in [-0.1, -0.05) is 0 Å². The molecule has 1 saturated carbocycles. The second-order valence-electron chi connectivity index (χ2n) is 10.2. The van der Waals surface area contributed by atoms with Gasteiger partial charge in [-0.05, 0) is 44.5 Å². The van der Waals surface area contributed by atoms with Crippen molar-refractivity contribution in [2.75, 3.05) is 38.4 Å². The molecule has 198 valence electrons. The number of benzene rings is 1. The van der Waals surface area contributed by atoms with Crippen LogP contribution in [-0.4, -0.2) is 88.5 Å². The number of Topliss-reactive ketones (excluding diaryl/α,β-unsaturated/α-hetero) is 2. The summed E-state index contributed by atoms with van der Waals surface area (Å²) in [6.45, 7) is 1.25. The van der Waals surface area contributed by atoms with Crippen molar-refractivity contribution in [1.82, 2.24) is 4.90 Å². The van der Waals surface area contributed by atoms with E-state index >= 15 is 0 Å². The molecule has 4 unspecified atom stereocenters. The highest BCUT2D eigenvalue weighted by Crippen LogP contribution is 2.54. The zero-order valence-corrected chi connectivity index (χ0v) is 21.1. The van der Waals surface area contributed by atoms with Gasteiger partial charge in [0.1, 0.15) is 22.8 Å². The number of fused-ring (bicyclic) bond motifs is 3. The quantitative estimate of drug-likeness (QED) is 0.235. The molecule has 0 bridgehead atoms. The maximum atomic E-state index is 13.9. The van der Waals surface area contributed by atoms with Crippen LogP contribution in [0.3, 0.4) is 0 Å². The highest BCUT2D eigenvalue weighted by Gasteiger charge is 2.64. The molecule has 4 rings (SSSR count). The molecular formula is C25H30N4O8. The topological polar surface area (TPSA) is 194 Å². The number of aliphatic hydroxyl groups excluding tert-OH is 2. The van der Waals surface area contributed by atoms with Crippen molar-refractivity contribution in [1.29, 1.82) is 0 Å². The van der Waals surface area contributed by atoms with Crippen molar-refractivity contribution in [3.63, 3.8) is 0 Å². The zero-order valence-electron chi connectivity index (χ0n) is 21.1. The zero-order chi connectivity index (χ0) is 27.7. The van der Waals surface area contributed by atoms with Crippen molar-refractivity contribution < 1.29 is 39.6 Å². The fourth-order valence-corrected chi connectivity index (χ4v) is 5.98. The van der Waals surface area contributed by atoms with E-state index in [-0.39, 0.29) is 29.7 Å². The fourth-order valence-electron chi connectivity index (χ4n) is 5.98. The molecule has 2 amide bonds. The lowest BCUT2D eigenvalue weighted by molar-refractivity contribution is -0.153. The summed E-state index contributed by atoms with van der Waals surface area (Å²) in [5.41, 5.74) is 2.48. The number of amides is 2. The normalized spacial score (nSPS) is 27.1. The molecule has 37 heavy (non-hydrogen) atoms. The van der Waals surface area contributed by atoms with Gasteiger partial charge in [0.15, 0.2) is 11.4 Å². The van der Waals surface area contributed by atoms with Gasteiger partial charge in [-0.2, -0.15) is 0 Å². The van der Waals surface area contributed by atoms with Crippen molar-refractivity contribution >= 4 is 40.5 Å². The van der Waals surface area contributed by atoms with Crippen molar-refractivity contribution in [2.24, 2.45) is 17.6 Å². The number of carbonyl (C=O) groups excluding carboxylic acids is 4. The number of hydrogen-bond donors (Lipinski definition) is 6. The summed E-state index contributed by atoms with van der Waals surface area (Å²) in [7, 11) is 6.56. The molecule has 3 aliphatic carbocycles. The molecule has 12 heteroatoms. The molecule has 1 aromatic carbocycles. The summed E-state index contributed by atoms with van der Waals surface area (Å²) < 4.78 is 0. The maximum Gasteiger partial charge on any atom is 0.255 e. The number of anilines is 2. The molecule has 4 atom stereocenters. The lowest BCUT2D eigenvalue weighted by atomic mass is 9.57. The molecule has 0 aromatic heterocycles. The molecule has 0 radical (unpaired) electrons. The number of ketones is 2. The SMILES string of the molecule is CC(=O)Nc1cc(N(C)C)c2c(c1O)C(O)=C1C(=O)C3(O)C(O)=C(C(N)=O)C(=O)C(N(C)C)C3CC1C2. The molecule has 3 aliphatic rings. The second kappa shape index (κ2) is 8.60. The fraction of sp³-hybridized carbons (Fsp3) is 0.440. The molecule has 1 fully saturated rings. The summed E-state index contributed by atoms with van der Waals surface area (Å²) in [6, 6.07) is 0.399. The Bertz CT molecular complexity index is 1330. The third kappa shape index (κ3) is 3.58. The van der Waals surface area contributed by atoms with Crippen LogP contribution in [0.2, 0.25) is 0 Å². The average Bonchev–Trinajstić information content (AvgIpc) is 2.77. The number of rotatable bonds is 4. The molecule has 0 spiro atoms. The summed E-state index contributed by atoms with van der Waals surface area (Å²) in [5.74, 6) is -7.74. The summed E-state index contributed by atoms with van der Waals surface area (Å²) in [5, 5.41) is 47.4. The molecular weight excluding hydrogens is 484 g/mol. The first-order chi connectivity index (χ1) is 17.1. The Balaban J connectivity index is 2.01. The lowest BCUT2D eigenvalue weighted by Gasteiger charge is -2.50. The van der Waals surface area contributed by atoms with Crippen LogP contribution in [0, 0.1) is 11.8 Å². The third-order valence-electron chi connectivity index (χ3n) is 7.49. The Labute approximate surface area is 212 Å². The number of nitrogens with one attached hydrogen (secondary N) is 1. The van der Waals surface area contributed by atoms with Gasteiger partial charge < -0.3 is 36.4 Å². The number of aromatic hydroxyl groups is 1. The van der Waals surface area contributed by atoms with E-state index in [9.17, 15) is 39.6 Å². The van der Waals surface area contributed by atoms with Gasteiger partial charge in [0, 0.05) is 38.2 Å². The van der Waals surface area contributed by atoms with Crippen molar-refractivity contribution in [3.05, 3.63) is 34.1 Å². The standard InChI is InChI=1S/C25H30N4O8/c1-9(30)27-13-8-14(28(2)3)11-6-10-7-12-18(29(4)5)21(33)17(24(26)36)23(35)25(12,37)22(34)15(10)20(32)16(11)19(13)31/h8,10,12,18,31-32,35,37H,6-7H2,1-5H3,(H2,26,36)(H,27,30). The highest BCUT2D eigenvalue weighted by molar-refractivity contribution is 6.24. The minimum absolute atomic E-state index is 0.00710. The van der Waals surface area contributed by atoms with E-state index < -0.39 is 69.7 Å². The van der Waals surface area contributed by atoms with E-state index in [0.717, 1.165) is 0 Å². The Morgan fingerprint density at radius 3 is 2.27 bits per heavy atom. The van der Waals surface area contributed by atoms with E-state index in [1.54, 1.807) is 39.2 Å². The van der Waals surface area contributed by atoms with E-state index in [4.69, 9.17) is 5.73 Å². The van der Waals surface area contributed by atoms with E-state index in [1.165, 1.54) is 11.8 Å². The first-order valence-corrected chi connectivity index (χ1v) is 11.6. The summed E-state index contributed by atoms with van der Waals surface area (Å²) >= 11 is 0. The smallest absolute Gasteiger partial charge is 0.255 e. The van der Waals surface area contributed by atoms with Crippen LogP contribution in [0.4, 0.5) is 11.4 Å². The van der Waals surface area contributed by atoms with Gasteiger partial charge in [0.05, 0.1) is 17.3 Å². The number of phenols is 1.